The Morgan fingerprint density at radius 2 is 2.11 bits per heavy atom. The Hall–Kier alpha value is -0.380. The summed E-state index contributed by atoms with van der Waals surface area (Å²) in [6.07, 6.45) is 1.58. The minimum absolute atomic E-state index is 0.0882. The van der Waals surface area contributed by atoms with Crippen LogP contribution in [0.5, 0.6) is 0 Å². The molecule has 1 N–H and O–H groups in total. The van der Waals surface area contributed by atoms with Crippen molar-refractivity contribution in [2.45, 2.75) is 59.2 Å². The SMILES string of the molecule is CC.Cc1ccsc1C(O)C1CCOC(C)(C)C1. The Labute approximate surface area is 115 Å². The van der Waals surface area contributed by atoms with E-state index in [1.807, 2.05) is 13.8 Å². The molecule has 1 aromatic rings. The summed E-state index contributed by atoms with van der Waals surface area (Å²) < 4.78 is 5.69. The van der Waals surface area contributed by atoms with Crippen molar-refractivity contribution >= 4 is 11.3 Å². The van der Waals surface area contributed by atoms with Crippen LogP contribution >= 0.6 is 11.3 Å². The molecule has 3 heteroatoms. The summed E-state index contributed by atoms with van der Waals surface area (Å²) in [4.78, 5) is 1.13. The smallest absolute Gasteiger partial charge is 0.0914 e. The van der Waals surface area contributed by atoms with Crippen molar-refractivity contribution in [3.8, 4) is 0 Å². The van der Waals surface area contributed by atoms with Crippen molar-refractivity contribution in [3.63, 3.8) is 0 Å². The lowest BCUT2D eigenvalue weighted by molar-refractivity contribution is -0.0954. The van der Waals surface area contributed by atoms with E-state index in [1.54, 1.807) is 11.3 Å². The molecule has 1 saturated heterocycles. The molecule has 0 amide bonds. The molecule has 0 aliphatic carbocycles. The first-order chi connectivity index (χ1) is 8.49. The molecule has 0 radical (unpaired) electrons. The summed E-state index contributed by atoms with van der Waals surface area (Å²) in [5.74, 6) is 0.334. The van der Waals surface area contributed by atoms with Gasteiger partial charge in [-0.25, -0.2) is 0 Å². The van der Waals surface area contributed by atoms with Gasteiger partial charge in [0.25, 0.3) is 0 Å². The van der Waals surface area contributed by atoms with Crippen LogP contribution in [0.3, 0.4) is 0 Å². The lowest BCUT2D eigenvalue weighted by atomic mass is 9.84. The molecular formula is C15H26O2S. The molecule has 2 atom stereocenters. The van der Waals surface area contributed by atoms with Gasteiger partial charge in [-0.15, -0.1) is 11.3 Å². The average Bonchev–Trinajstić information content (AvgIpc) is 2.76. The number of rotatable bonds is 2. The third-order valence-corrected chi connectivity index (χ3v) is 4.44. The molecule has 18 heavy (non-hydrogen) atoms. The second-order valence-electron chi connectivity index (χ2n) is 5.27. The van der Waals surface area contributed by atoms with Crippen molar-refractivity contribution in [2.24, 2.45) is 5.92 Å². The molecule has 2 unspecified atom stereocenters. The Bertz CT molecular complexity index is 357. The first kappa shape index (κ1) is 15.7. The highest BCUT2D eigenvalue weighted by Crippen LogP contribution is 2.39. The maximum atomic E-state index is 10.4. The van der Waals surface area contributed by atoms with Crippen LogP contribution in [-0.2, 0) is 4.74 Å². The third kappa shape index (κ3) is 3.81. The molecule has 0 bridgehead atoms. The van der Waals surface area contributed by atoms with E-state index in [-0.39, 0.29) is 11.7 Å². The Morgan fingerprint density at radius 1 is 1.44 bits per heavy atom. The van der Waals surface area contributed by atoms with E-state index in [1.165, 1.54) is 5.56 Å². The van der Waals surface area contributed by atoms with Crippen molar-refractivity contribution in [2.75, 3.05) is 6.61 Å². The van der Waals surface area contributed by atoms with E-state index in [9.17, 15) is 5.11 Å². The number of ether oxygens (including phenoxy) is 1. The van der Waals surface area contributed by atoms with E-state index >= 15 is 0 Å². The Kier molecular flexibility index (Phi) is 5.83. The predicted octanol–water partition coefficient (Wildman–Crippen LogP) is 4.32. The number of thiophene rings is 1. The second kappa shape index (κ2) is 6.69. The molecule has 1 aromatic heterocycles. The molecule has 1 fully saturated rings. The Balaban J connectivity index is 0.000000771. The lowest BCUT2D eigenvalue weighted by Crippen LogP contribution is -2.36. The van der Waals surface area contributed by atoms with E-state index < -0.39 is 0 Å². The number of aryl methyl sites for hydroxylation is 1. The van der Waals surface area contributed by atoms with Crippen LogP contribution in [0.1, 0.15) is 57.1 Å². The molecule has 0 saturated carbocycles. The minimum Gasteiger partial charge on any atom is -0.387 e. The van der Waals surface area contributed by atoms with Crippen LogP contribution in [0.2, 0.25) is 0 Å². The summed E-state index contributed by atoms with van der Waals surface area (Å²) in [7, 11) is 0. The predicted molar refractivity (Wildman–Crippen MR) is 78.1 cm³/mol. The maximum absolute atomic E-state index is 10.4. The van der Waals surface area contributed by atoms with Crippen LogP contribution in [0.4, 0.5) is 0 Å². The van der Waals surface area contributed by atoms with Gasteiger partial charge in [0, 0.05) is 11.5 Å². The monoisotopic (exact) mass is 270 g/mol. The van der Waals surface area contributed by atoms with Gasteiger partial charge in [0.1, 0.15) is 0 Å². The van der Waals surface area contributed by atoms with Crippen LogP contribution in [0.25, 0.3) is 0 Å². The molecule has 2 rings (SSSR count). The number of aliphatic hydroxyl groups is 1. The molecule has 1 aliphatic rings. The summed E-state index contributed by atoms with van der Waals surface area (Å²) in [5, 5.41) is 12.5. The van der Waals surface area contributed by atoms with Crippen LogP contribution < -0.4 is 0 Å². The van der Waals surface area contributed by atoms with Crippen molar-refractivity contribution < 1.29 is 9.84 Å². The minimum atomic E-state index is -0.317. The van der Waals surface area contributed by atoms with Gasteiger partial charge in [-0.2, -0.15) is 0 Å². The number of aliphatic hydroxyl groups excluding tert-OH is 1. The van der Waals surface area contributed by atoms with Gasteiger partial charge in [-0.1, -0.05) is 13.8 Å². The fourth-order valence-electron chi connectivity index (χ4n) is 2.45. The van der Waals surface area contributed by atoms with Crippen molar-refractivity contribution in [3.05, 3.63) is 21.9 Å². The molecule has 104 valence electrons. The van der Waals surface area contributed by atoms with E-state index in [0.29, 0.717) is 5.92 Å². The van der Waals surface area contributed by atoms with Crippen LogP contribution in [0.15, 0.2) is 11.4 Å². The summed E-state index contributed by atoms with van der Waals surface area (Å²) in [6.45, 7) is 11.0. The molecule has 1 aliphatic heterocycles. The fourth-order valence-corrected chi connectivity index (χ4v) is 3.45. The number of hydrogen-bond acceptors (Lipinski definition) is 3. The Morgan fingerprint density at radius 3 is 2.61 bits per heavy atom. The van der Waals surface area contributed by atoms with Crippen LogP contribution in [-0.4, -0.2) is 17.3 Å². The van der Waals surface area contributed by atoms with Gasteiger partial charge >= 0.3 is 0 Å². The summed E-state index contributed by atoms with van der Waals surface area (Å²) >= 11 is 1.66. The molecule has 0 aromatic carbocycles. The third-order valence-electron chi connectivity index (χ3n) is 3.35. The zero-order valence-corrected chi connectivity index (χ0v) is 13.0. The van der Waals surface area contributed by atoms with Crippen molar-refractivity contribution in [1.82, 2.24) is 0 Å². The first-order valence-corrected chi connectivity index (χ1v) is 7.73. The topological polar surface area (TPSA) is 29.5 Å². The van der Waals surface area contributed by atoms with E-state index in [0.717, 1.165) is 24.3 Å². The van der Waals surface area contributed by atoms with Gasteiger partial charge in [-0.3, -0.25) is 0 Å². The fraction of sp³-hybridized carbons (Fsp3) is 0.733. The molecule has 2 nitrogen and oxygen atoms in total. The standard InChI is InChI=1S/C13H20O2S.C2H6/c1-9-5-7-16-12(9)11(14)10-4-6-15-13(2,3)8-10;1-2/h5,7,10-11,14H,4,6,8H2,1-3H3;1-2H3. The molecule has 0 spiro atoms. The largest absolute Gasteiger partial charge is 0.387 e. The molecule has 2 heterocycles. The van der Waals surface area contributed by atoms with E-state index in [4.69, 9.17) is 4.74 Å². The quantitative estimate of drug-likeness (QED) is 0.867. The van der Waals surface area contributed by atoms with Gasteiger partial charge in [-0.05, 0) is 56.5 Å². The lowest BCUT2D eigenvalue weighted by Gasteiger charge is -2.37. The van der Waals surface area contributed by atoms with Gasteiger partial charge in [0.2, 0.25) is 0 Å². The van der Waals surface area contributed by atoms with Gasteiger partial charge < -0.3 is 9.84 Å². The normalized spacial score (nSPS) is 24.0. The highest BCUT2D eigenvalue weighted by atomic mass is 32.1. The van der Waals surface area contributed by atoms with Crippen LogP contribution in [0, 0.1) is 12.8 Å². The first-order valence-electron chi connectivity index (χ1n) is 6.85. The molecular weight excluding hydrogens is 244 g/mol. The summed E-state index contributed by atoms with van der Waals surface area (Å²) in [6, 6.07) is 2.08. The maximum Gasteiger partial charge on any atom is 0.0914 e. The average molecular weight is 270 g/mol. The second-order valence-corrected chi connectivity index (χ2v) is 6.22. The van der Waals surface area contributed by atoms with Gasteiger partial charge in [0.05, 0.1) is 11.7 Å². The van der Waals surface area contributed by atoms with E-state index in [2.05, 4.69) is 32.2 Å². The zero-order chi connectivity index (χ0) is 13.8. The van der Waals surface area contributed by atoms with Gasteiger partial charge in [0.15, 0.2) is 0 Å². The zero-order valence-electron chi connectivity index (χ0n) is 12.2. The highest BCUT2D eigenvalue weighted by Gasteiger charge is 2.34. The highest BCUT2D eigenvalue weighted by molar-refractivity contribution is 7.10. The summed E-state index contributed by atoms with van der Waals surface area (Å²) in [5.41, 5.74) is 1.12. The number of hydrogen-bond donors (Lipinski definition) is 1. The van der Waals surface area contributed by atoms with Crippen molar-refractivity contribution in [1.29, 1.82) is 0 Å².